The van der Waals surface area contributed by atoms with Crippen molar-refractivity contribution in [2.24, 2.45) is 17.3 Å². The minimum absolute atomic E-state index is 0.121. The van der Waals surface area contributed by atoms with Crippen LogP contribution in [0.1, 0.15) is 68.3 Å². The normalized spacial score (nSPS) is 35.1. The van der Waals surface area contributed by atoms with Crippen LogP contribution in [0.2, 0.25) is 0 Å². The summed E-state index contributed by atoms with van der Waals surface area (Å²) in [6.45, 7) is 9.37. The summed E-state index contributed by atoms with van der Waals surface area (Å²) in [6.07, 6.45) is 3.22. The number of ether oxygens (including phenoxy) is 1. The molecule has 0 spiro atoms. The molecule has 1 aromatic heterocycles. The lowest BCUT2D eigenvalue weighted by Gasteiger charge is -2.53. The van der Waals surface area contributed by atoms with Crippen molar-refractivity contribution in [1.82, 2.24) is 0 Å². The number of fused-ring (bicyclic) bond motifs is 2. The molecule has 25 heavy (non-hydrogen) atoms. The molecule has 1 saturated carbocycles. The number of ketones is 1. The van der Waals surface area contributed by atoms with Gasteiger partial charge in [-0.05, 0) is 45.1 Å². The predicted molar refractivity (Wildman–Crippen MR) is 92.0 cm³/mol. The van der Waals surface area contributed by atoms with Crippen LogP contribution < -0.4 is 0 Å². The van der Waals surface area contributed by atoms with Crippen LogP contribution in [-0.4, -0.2) is 23.0 Å². The van der Waals surface area contributed by atoms with Gasteiger partial charge in [0.1, 0.15) is 6.10 Å². The Bertz CT molecular complexity index is 743. The Balaban J connectivity index is 2.17. The highest BCUT2D eigenvalue weighted by Crippen LogP contribution is 2.59. The zero-order chi connectivity index (χ0) is 18.5. The summed E-state index contributed by atoms with van der Waals surface area (Å²) >= 11 is 0. The fourth-order valence-electron chi connectivity index (χ4n) is 4.42. The highest BCUT2D eigenvalue weighted by molar-refractivity contribution is 6.00. The minimum Gasteiger partial charge on any atom is -0.460 e. The lowest BCUT2D eigenvalue weighted by molar-refractivity contribution is -0.168. The van der Waals surface area contributed by atoms with Crippen molar-refractivity contribution in [3.05, 3.63) is 34.8 Å². The molecule has 1 N–H and O–H groups in total. The summed E-state index contributed by atoms with van der Waals surface area (Å²) in [5.74, 6) is -0.863. The maximum absolute atomic E-state index is 13.0. The van der Waals surface area contributed by atoms with E-state index in [1.165, 1.54) is 6.26 Å². The van der Waals surface area contributed by atoms with Crippen LogP contribution in [0.15, 0.2) is 22.3 Å². The molecule has 1 fully saturated rings. The standard InChI is InChI=1S/C20H26O5/c1-6-10(2)19(23)25-18-14-11(3)9-24-17(14)16(22)15-13(21)8-7-12(4)20(15,18)5/h6,9,12-13,15,18,21H,7-8H2,1-5H3/t12-,13+,15-,18-,20-/m1/s1. The highest BCUT2D eigenvalue weighted by atomic mass is 16.5. The van der Waals surface area contributed by atoms with E-state index in [0.717, 1.165) is 12.0 Å². The van der Waals surface area contributed by atoms with Crippen LogP contribution >= 0.6 is 0 Å². The van der Waals surface area contributed by atoms with Crippen LogP contribution in [0.25, 0.3) is 0 Å². The molecule has 5 heteroatoms. The molecule has 0 radical (unpaired) electrons. The fourth-order valence-corrected chi connectivity index (χ4v) is 4.42. The summed E-state index contributed by atoms with van der Waals surface area (Å²) < 4.78 is 11.4. The topological polar surface area (TPSA) is 76.7 Å². The van der Waals surface area contributed by atoms with E-state index in [1.54, 1.807) is 19.9 Å². The Morgan fingerprint density at radius 2 is 2.12 bits per heavy atom. The van der Waals surface area contributed by atoms with Gasteiger partial charge in [0.25, 0.3) is 0 Å². The molecule has 3 rings (SSSR count). The second-order valence-corrected chi connectivity index (χ2v) is 7.67. The van der Waals surface area contributed by atoms with Gasteiger partial charge in [-0.1, -0.05) is 19.9 Å². The predicted octanol–water partition coefficient (Wildman–Crippen LogP) is 3.75. The van der Waals surface area contributed by atoms with Gasteiger partial charge in [0.05, 0.1) is 18.3 Å². The Morgan fingerprint density at radius 3 is 2.76 bits per heavy atom. The monoisotopic (exact) mass is 346 g/mol. The molecule has 0 aromatic carbocycles. The highest BCUT2D eigenvalue weighted by Gasteiger charge is 2.61. The molecule has 0 unspecified atom stereocenters. The number of carbonyl (C=O) groups excluding carboxylic acids is 2. The molecule has 0 amide bonds. The van der Waals surface area contributed by atoms with Crippen LogP contribution in [0, 0.1) is 24.2 Å². The van der Waals surface area contributed by atoms with Gasteiger partial charge in [-0.2, -0.15) is 0 Å². The van der Waals surface area contributed by atoms with Crippen LogP contribution in [0.5, 0.6) is 0 Å². The van der Waals surface area contributed by atoms with Crippen molar-refractivity contribution < 1.29 is 23.8 Å². The van der Waals surface area contributed by atoms with Gasteiger partial charge < -0.3 is 14.3 Å². The van der Waals surface area contributed by atoms with Crippen molar-refractivity contribution in [3.63, 3.8) is 0 Å². The molecule has 1 aromatic rings. The van der Waals surface area contributed by atoms with Crippen molar-refractivity contribution >= 4 is 11.8 Å². The lowest BCUT2D eigenvalue weighted by atomic mass is 9.53. The molecule has 0 bridgehead atoms. The van der Waals surface area contributed by atoms with Crippen molar-refractivity contribution in [3.8, 4) is 0 Å². The number of Topliss-reactive ketones (excluding diaryl/α,β-unsaturated/α-hetero) is 1. The van der Waals surface area contributed by atoms with E-state index in [1.807, 2.05) is 13.8 Å². The van der Waals surface area contributed by atoms with Crippen LogP contribution in [0.4, 0.5) is 0 Å². The van der Waals surface area contributed by atoms with Crippen molar-refractivity contribution in [2.45, 2.75) is 59.7 Å². The van der Waals surface area contributed by atoms with E-state index in [-0.39, 0.29) is 17.5 Å². The lowest BCUT2D eigenvalue weighted by Crippen LogP contribution is -2.55. The molecule has 1 heterocycles. The third-order valence-electron chi connectivity index (χ3n) is 6.35. The van der Waals surface area contributed by atoms with Crippen LogP contribution in [-0.2, 0) is 9.53 Å². The molecular formula is C20H26O5. The Kier molecular flexibility index (Phi) is 4.40. The molecule has 136 valence electrons. The number of aliphatic hydroxyl groups excluding tert-OH is 1. The van der Waals surface area contributed by atoms with E-state index in [4.69, 9.17) is 9.15 Å². The summed E-state index contributed by atoms with van der Waals surface area (Å²) in [5.41, 5.74) is 1.30. The number of aliphatic hydroxyl groups is 1. The molecular weight excluding hydrogens is 320 g/mol. The number of rotatable bonds is 2. The summed E-state index contributed by atoms with van der Waals surface area (Å²) in [5, 5.41) is 10.6. The summed E-state index contributed by atoms with van der Waals surface area (Å²) in [4.78, 5) is 25.5. The average Bonchev–Trinajstić information content (AvgIpc) is 2.96. The second kappa shape index (κ2) is 6.13. The van der Waals surface area contributed by atoms with E-state index >= 15 is 0 Å². The number of carbonyl (C=O) groups is 2. The van der Waals surface area contributed by atoms with E-state index in [9.17, 15) is 14.7 Å². The molecule has 2 aliphatic rings. The summed E-state index contributed by atoms with van der Waals surface area (Å²) in [7, 11) is 0. The van der Waals surface area contributed by atoms with E-state index in [2.05, 4.69) is 6.92 Å². The Labute approximate surface area is 148 Å². The molecule has 0 aliphatic heterocycles. The Morgan fingerprint density at radius 1 is 1.44 bits per heavy atom. The van der Waals surface area contributed by atoms with Gasteiger partial charge >= 0.3 is 5.97 Å². The molecule has 5 nitrogen and oxygen atoms in total. The van der Waals surface area contributed by atoms with E-state index in [0.29, 0.717) is 17.6 Å². The van der Waals surface area contributed by atoms with Crippen molar-refractivity contribution in [1.29, 1.82) is 0 Å². The Hall–Kier alpha value is -1.88. The molecule has 0 saturated heterocycles. The number of allylic oxidation sites excluding steroid dienone is 1. The van der Waals surface area contributed by atoms with Gasteiger partial charge in [-0.25, -0.2) is 4.79 Å². The third-order valence-corrected chi connectivity index (χ3v) is 6.35. The first kappa shape index (κ1) is 17.9. The maximum atomic E-state index is 13.0. The molecule has 5 atom stereocenters. The number of furan rings is 1. The number of hydrogen-bond acceptors (Lipinski definition) is 5. The second-order valence-electron chi connectivity index (χ2n) is 7.67. The van der Waals surface area contributed by atoms with E-state index < -0.39 is 29.5 Å². The minimum atomic E-state index is -0.753. The van der Waals surface area contributed by atoms with Gasteiger partial charge in [-0.3, -0.25) is 4.79 Å². The number of hydrogen-bond donors (Lipinski definition) is 1. The zero-order valence-corrected chi connectivity index (χ0v) is 15.5. The summed E-state index contributed by atoms with van der Waals surface area (Å²) in [6, 6.07) is 0. The van der Waals surface area contributed by atoms with Gasteiger partial charge in [0, 0.05) is 16.6 Å². The first-order chi connectivity index (χ1) is 11.7. The third kappa shape index (κ3) is 2.48. The largest absolute Gasteiger partial charge is 0.460 e. The van der Waals surface area contributed by atoms with Crippen LogP contribution in [0.3, 0.4) is 0 Å². The first-order valence-corrected chi connectivity index (χ1v) is 8.87. The molecule has 2 aliphatic carbocycles. The SMILES string of the molecule is CC=C(C)C(=O)O[C@@H]1c2c(C)coc2C(=O)[C@H]2[C@@H](O)CC[C@@H](C)[C@@]12C. The average molecular weight is 346 g/mol. The number of esters is 1. The van der Waals surface area contributed by atoms with Crippen molar-refractivity contribution in [2.75, 3.05) is 0 Å². The maximum Gasteiger partial charge on any atom is 0.334 e. The number of aryl methyl sites for hydroxylation is 1. The zero-order valence-electron chi connectivity index (χ0n) is 15.5. The van der Waals surface area contributed by atoms with Gasteiger partial charge in [-0.15, -0.1) is 0 Å². The van der Waals surface area contributed by atoms with Gasteiger partial charge in [0.2, 0.25) is 5.78 Å². The van der Waals surface area contributed by atoms with Gasteiger partial charge in [0.15, 0.2) is 5.76 Å². The first-order valence-electron chi connectivity index (χ1n) is 8.87. The smallest absolute Gasteiger partial charge is 0.334 e. The fraction of sp³-hybridized carbons (Fsp3) is 0.600. The quantitative estimate of drug-likeness (QED) is 0.652.